The first kappa shape index (κ1) is 15.8. The summed E-state index contributed by atoms with van der Waals surface area (Å²) >= 11 is 0. The van der Waals surface area contributed by atoms with Crippen molar-refractivity contribution in [2.24, 2.45) is 0 Å². The number of amides is 1. The van der Waals surface area contributed by atoms with Crippen LogP contribution in [0.2, 0.25) is 0 Å². The Morgan fingerprint density at radius 1 is 1.35 bits per heavy atom. The number of fused-ring (bicyclic) bond motifs is 1. The molecule has 0 N–H and O–H groups in total. The van der Waals surface area contributed by atoms with Crippen molar-refractivity contribution in [3.63, 3.8) is 0 Å². The van der Waals surface area contributed by atoms with E-state index in [1.807, 2.05) is 7.05 Å². The maximum atomic E-state index is 14.1. The van der Waals surface area contributed by atoms with Gasteiger partial charge in [0.25, 0.3) is 5.91 Å². The zero-order chi connectivity index (χ0) is 16.6. The molecule has 2 fully saturated rings. The first-order chi connectivity index (χ1) is 11.0. The van der Waals surface area contributed by atoms with E-state index in [2.05, 4.69) is 4.90 Å². The molecule has 2 atom stereocenters. The summed E-state index contributed by atoms with van der Waals surface area (Å²) in [5, 5.41) is 8.75. The van der Waals surface area contributed by atoms with Gasteiger partial charge in [-0.05, 0) is 25.6 Å². The molecule has 1 amide bonds. The summed E-state index contributed by atoms with van der Waals surface area (Å²) in [6, 6.07) is 3.24. The van der Waals surface area contributed by atoms with Gasteiger partial charge < -0.3 is 14.5 Å². The van der Waals surface area contributed by atoms with E-state index >= 15 is 0 Å². The van der Waals surface area contributed by atoms with E-state index in [0.717, 1.165) is 25.1 Å². The lowest BCUT2D eigenvalue weighted by Crippen LogP contribution is -2.60. The molecule has 0 unspecified atom stereocenters. The number of nitrogens with zero attached hydrogens (tertiary/aromatic N) is 3. The van der Waals surface area contributed by atoms with Crippen molar-refractivity contribution in [1.82, 2.24) is 9.80 Å². The van der Waals surface area contributed by atoms with E-state index < -0.39 is 23.1 Å². The number of morpholine rings is 1. The maximum absolute atomic E-state index is 14.1. The number of likely N-dealkylation sites (N-methyl/N-ethyl adjacent to an activating group) is 1. The number of carbonyl (C=O) groups excluding carboxylic acids is 1. The van der Waals surface area contributed by atoms with Gasteiger partial charge in [-0.2, -0.15) is 5.26 Å². The summed E-state index contributed by atoms with van der Waals surface area (Å²) in [5.41, 5.74) is -0.744. The monoisotopic (exact) mass is 321 g/mol. The minimum atomic E-state index is -1.00. The number of nitriles is 1. The molecular formula is C16H17F2N3O2. The maximum Gasteiger partial charge on any atom is 0.260 e. The van der Waals surface area contributed by atoms with E-state index in [4.69, 9.17) is 10.00 Å². The third-order valence-corrected chi connectivity index (χ3v) is 4.43. The highest BCUT2D eigenvalue weighted by molar-refractivity contribution is 5.95. The van der Waals surface area contributed by atoms with Gasteiger partial charge in [0, 0.05) is 19.6 Å². The van der Waals surface area contributed by atoms with Gasteiger partial charge in [0.05, 0.1) is 30.4 Å². The summed E-state index contributed by atoms with van der Waals surface area (Å²) in [6.45, 7) is 2.13. The normalized spacial score (nSPS) is 24.9. The summed E-state index contributed by atoms with van der Waals surface area (Å²) in [5.74, 6) is -2.68. The van der Waals surface area contributed by atoms with E-state index in [1.165, 1.54) is 4.90 Å². The molecule has 23 heavy (non-hydrogen) atoms. The van der Waals surface area contributed by atoms with Crippen LogP contribution in [0.5, 0.6) is 0 Å². The molecule has 3 rings (SSSR count). The molecule has 1 aromatic rings. The van der Waals surface area contributed by atoms with Crippen molar-refractivity contribution in [3.05, 3.63) is 34.9 Å². The van der Waals surface area contributed by atoms with Gasteiger partial charge in [-0.1, -0.05) is 0 Å². The number of halogens is 2. The van der Waals surface area contributed by atoms with Crippen LogP contribution >= 0.6 is 0 Å². The molecule has 2 saturated heterocycles. The van der Waals surface area contributed by atoms with Crippen molar-refractivity contribution < 1.29 is 18.3 Å². The SMILES string of the molecule is CN1CC[C@H]2OCCN(C(=O)c3c(F)cc(C#N)cc3F)[C@@H]2C1. The summed E-state index contributed by atoms with van der Waals surface area (Å²) in [7, 11) is 1.94. The smallest absolute Gasteiger partial charge is 0.260 e. The van der Waals surface area contributed by atoms with E-state index in [-0.39, 0.29) is 17.7 Å². The van der Waals surface area contributed by atoms with Crippen LogP contribution in [-0.2, 0) is 4.74 Å². The van der Waals surface area contributed by atoms with Gasteiger partial charge >= 0.3 is 0 Å². The van der Waals surface area contributed by atoms with Crippen LogP contribution in [-0.4, -0.2) is 61.1 Å². The van der Waals surface area contributed by atoms with Gasteiger partial charge in [-0.25, -0.2) is 8.78 Å². The minimum absolute atomic E-state index is 0.103. The van der Waals surface area contributed by atoms with Crippen LogP contribution in [0.25, 0.3) is 0 Å². The second-order valence-electron chi connectivity index (χ2n) is 5.95. The fourth-order valence-corrected chi connectivity index (χ4v) is 3.27. The fraction of sp³-hybridized carbons (Fsp3) is 0.500. The molecule has 0 bridgehead atoms. The molecule has 0 saturated carbocycles. The zero-order valence-electron chi connectivity index (χ0n) is 12.8. The molecule has 7 heteroatoms. The van der Waals surface area contributed by atoms with Crippen LogP contribution in [0.4, 0.5) is 8.78 Å². The van der Waals surface area contributed by atoms with Crippen molar-refractivity contribution in [3.8, 4) is 6.07 Å². The first-order valence-electron chi connectivity index (χ1n) is 7.51. The molecule has 2 heterocycles. The van der Waals surface area contributed by atoms with Gasteiger partial charge in [0.2, 0.25) is 0 Å². The Hall–Kier alpha value is -2.04. The highest BCUT2D eigenvalue weighted by Crippen LogP contribution is 2.26. The van der Waals surface area contributed by atoms with Crippen molar-refractivity contribution in [1.29, 1.82) is 5.26 Å². The molecule has 2 aliphatic heterocycles. The van der Waals surface area contributed by atoms with Crippen LogP contribution in [0, 0.1) is 23.0 Å². The van der Waals surface area contributed by atoms with E-state index in [1.54, 1.807) is 6.07 Å². The Balaban J connectivity index is 1.92. The van der Waals surface area contributed by atoms with Gasteiger partial charge in [0.15, 0.2) is 0 Å². The van der Waals surface area contributed by atoms with Crippen LogP contribution < -0.4 is 0 Å². The third kappa shape index (κ3) is 2.92. The standard InChI is InChI=1S/C16H17F2N3O2/c1-20-3-2-14-13(9-20)21(4-5-23-14)16(22)15-11(17)6-10(8-19)7-12(15)18/h6-7,13-14H,2-5,9H2,1H3/t13-,14-/m1/s1. The quantitative estimate of drug-likeness (QED) is 0.784. The second-order valence-corrected chi connectivity index (χ2v) is 5.95. The molecule has 122 valence electrons. The number of benzene rings is 1. The highest BCUT2D eigenvalue weighted by Gasteiger charge is 2.39. The molecule has 0 radical (unpaired) electrons. The van der Waals surface area contributed by atoms with Gasteiger partial charge in [-0.15, -0.1) is 0 Å². The Kier molecular flexibility index (Phi) is 4.28. The lowest BCUT2D eigenvalue weighted by Gasteiger charge is -2.46. The number of piperidine rings is 1. The number of likely N-dealkylation sites (tertiary alicyclic amines) is 1. The molecule has 0 aromatic heterocycles. The van der Waals surface area contributed by atoms with Gasteiger partial charge in [-0.3, -0.25) is 4.79 Å². The van der Waals surface area contributed by atoms with E-state index in [9.17, 15) is 13.6 Å². The van der Waals surface area contributed by atoms with Gasteiger partial charge in [0.1, 0.15) is 17.2 Å². The molecule has 2 aliphatic rings. The third-order valence-electron chi connectivity index (χ3n) is 4.43. The number of hydrogen-bond acceptors (Lipinski definition) is 4. The summed E-state index contributed by atoms with van der Waals surface area (Å²) in [6.07, 6.45) is 0.678. The van der Waals surface area contributed by atoms with Crippen LogP contribution in [0.3, 0.4) is 0 Å². The van der Waals surface area contributed by atoms with Crippen molar-refractivity contribution >= 4 is 5.91 Å². The molecular weight excluding hydrogens is 304 g/mol. The molecule has 5 nitrogen and oxygen atoms in total. The number of ether oxygens (including phenoxy) is 1. The predicted octanol–water partition coefficient (Wildman–Crippen LogP) is 1.38. The second kappa shape index (κ2) is 6.22. The molecule has 0 aliphatic carbocycles. The number of hydrogen-bond donors (Lipinski definition) is 0. The fourth-order valence-electron chi connectivity index (χ4n) is 3.27. The highest BCUT2D eigenvalue weighted by atomic mass is 19.1. The number of carbonyl (C=O) groups is 1. The molecule has 0 spiro atoms. The predicted molar refractivity (Wildman–Crippen MR) is 77.8 cm³/mol. The average Bonchev–Trinajstić information content (AvgIpc) is 2.53. The lowest BCUT2D eigenvalue weighted by atomic mass is 9.98. The minimum Gasteiger partial charge on any atom is -0.374 e. The van der Waals surface area contributed by atoms with Crippen LogP contribution in [0.15, 0.2) is 12.1 Å². The first-order valence-corrected chi connectivity index (χ1v) is 7.51. The Morgan fingerprint density at radius 3 is 2.70 bits per heavy atom. The number of rotatable bonds is 1. The Morgan fingerprint density at radius 2 is 2.04 bits per heavy atom. The Labute approximate surface area is 133 Å². The summed E-state index contributed by atoms with van der Waals surface area (Å²) in [4.78, 5) is 16.3. The van der Waals surface area contributed by atoms with Crippen molar-refractivity contribution in [2.45, 2.75) is 18.6 Å². The van der Waals surface area contributed by atoms with Crippen LogP contribution in [0.1, 0.15) is 22.3 Å². The van der Waals surface area contributed by atoms with Crippen molar-refractivity contribution in [2.75, 3.05) is 33.3 Å². The zero-order valence-corrected chi connectivity index (χ0v) is 12.8. The lowest BCUT2D eigenvalue weighted by molar-refractivity contribution is -0.0871. The average molecular weight is 321 g/mol. The topological polar surface area (TPSA) is 56.6 Å². The summed E-state index contributed by atoms with van der Waals surface area (Å²) < 4.78 is 33.9. The largest absolute Gasteiger partial charge is 0.374 e. The molecule has 1 aromatic carbocycles. The van der Waals surface area contributed by atoms with E-state index in [0.29, 0.717) is 19.7 Å². The Bertz CT molecular complexity index is 651.